The van der Waals surface area contributed by atoms with Gasteiger partial charge in [-0.15, -0.1) is 0 Å². The summed E-state index contributed by atoms with van der Waals surface area (Å²) in [7, 11) is -3.59. The fourth-order valence-corrected chi connectivity index (χ4v) is 2.10. The molecule has 0 bridgehead atoms. The van der Waals surface area contributed by atoms with Crippen LogP contribution in [0, 0.1) is 0 Å². The Morgan fingerprint density at radius 1 is 1.25 bits per heavy atom. The van der Waals surface area contributed by atoms with Gasteiger partial charge in [-0.2, -0.15) is 8.42 Å². The summed E-state index contributed by atoms with van der Waals surface area (Å²) in [6, 6.07) is 8.16. The molecule has 0 aliphatic carbocycles. The molecular formula is C12H16O3S. The Morgan fingerprint density at radius 2 is 1.88 bits per heavy atom. The van der Waals surface area contributed by atoms with E-state index in [9.17, 15) is 8.42 Å². The molecule has 0 fully saturated rings. The molecule has 0 aliphatic heterocycles. The lowest BCUT2D eigenvalue weighted by Gasteiger charge is -2.03. The summed E-state index contributed by atoms with van der Waals surface area (Å²) in [4.78, 5) is 0.201. The van der Waals surface area contributed by atoms with Gasteiger partial charge >= 0.3 is 0 Å². The molecule has 0 radical (unpaired) electrons. The first-order valence-electron chi connectivity index (χ1n) is 5.10. The molecule has 88 valence electrons. The van der Waals surface area contributed by atoms with Gasteiger partial charge < -0.3 is 0 Å². The summed E-state index contributed by atoms with van der Waals surface area (Å²) in [5, 5.41) is 0. The molecule has 0 N–H and O–H groups in total. The van der Waals surface area contributed by atoms with E-state index in [4.69, 9.17) is 4.18 Å². The maximum atomic E-state index is 11.6. The minimum atomic E-state index is -3.59. The Morgan fingerprint density at radius 3 is 2.44 bits per heavy atom. The quantitative estimate of drug-likeness (QED) is 0.451. The Bertz CT molecular complexity index is 442. The van der Waals surface area contributed by atoms with Crippen molar-refractivity contribution < 1.29 is 12.6 Å². The SMILES string of the molecule is CC(C)=CCCOS(=O)(=O)c1ccccc1. The molecule has 0 unspecified atom stereocenters. The maximum Gasteiger partial charge on any atom is 0.296 e. The van der Waals surface area contributed by atoms with E-state index >= 15 is 0 Å². The molecule has 0 spiro atoms. The van der Waals surface area contributed by atoms with Crippen LogP contribution < -0.4 is 0 Å². The number of hydrogen-bond donors (Lipinski definition) is 0. The highest BCUT2D eigenvalue weighted by Gasteiger charge is 2.13. The largest absolute Gasteiger partial charge is 0.296 e. The number of benzene rings is 1. The molecule has 1 aromatic rings. The summed E-state index contributed by atoms with van der Waals surface area (Å²) < 4.78 is 28.2. The lowest BCUT2D eigenvalue weighted by molar-refractivity contribution is 0.324. The Kier molecular flexibility index (Phi) is 4.71. The van der Waals surface area contributed by atoms with Gasteiger partial charge in [-0.1, -0.05) is 29.8 Å². The minimum absolute atomic E-state index is 0.183. The molecule has 0 saturated carbocycles. The van der Waals surface area contributed by atoms with E-state index < -0.39 is 10.1 Å². The Labute approximate surface area is 96.9 Å². The van der Waals surface area contributed by atoms with Crippen LogP contribution in [0.1, 0.15) is 20.3 Å². The van der Waals surface area contributed by atoms with Crippen molar-refractivity contribution in [3.63, 3.8) is 0 Å². The van der Waals surface area contributed by atoms with Gasteiger partial charge in [0.1, 0.15) is 0 Å². The van der Waals surface area contributed by atoms with Crippen LogP contribution in [0.25, 0.3) is 0 Å². The van der Waals surface area contributed by atoms with E-state index in [2.05, 4.69) is 0 Å². The topological polar surface area (TPSA) is 43.4 Å². The molecule has 0 aromatic heterocycles. The highest BCUT2D eigenvalue weighted by Crippen LogP contribution is 2.11. The van der Waals surface area contributed by atoms with Crippen LogP contribution in [0.3, 0.4) is 0 Å². The smallest absolute Gasteiger partial charge is 0.266 e. The van der Waals surface area contributed by atoms with Crippen LogP contribution in [0.2, 0.25) is 0 Å². The number of hydrogen-bond acceptors (Lipinski definition) is 3. The van der Waals surface area contributed by atoms with Gasteiger partial charge in [0.2, 0.25) is 0 Å². The highest BCUT2D eigenvalue weighted by molar-refractivity contribution is 7.86. The van der Waals surface area contributed by atoms with Crippen molar-refractivity contribution in [3.8, 4) is 0 Å². The second-order valence-electron chi connectivity index (χ2n) is 3.66. The predicted octanol–water partition coefficient (Wildman–Crippen LogP) is 2.75. The predicted molar refractivity (Wildman–Crippen MR) is 63.6 cm³/mol. The second kappa shape index (κ2) is 5.82. The summed E-state index contributed by atoms with van der Waals surface area (Å²) in [5.74, 6) is 0. The van der Waals surface area contributed by atoms with Gasteiger partial charge in [0.15, 0.2) is 0 Å². The van der Waals surface area contributed by atoms with Crippen molar-refractivity contribution in [1.82, 2.24) is 0 Å². The Hall–Kier alpha value is -1.13. The van der Waals surface area contributed by atoms with Crippen molar-refractivity contribution >= 4 is 10.1 Å². The van der Waals surface area contributed by atoms with Crippen molar-refractivity contribution in [2.75, 3.05) is 6.61 Å². The van der Waals surface area contributed by atoms with E-state index in [0.717, 1.165) is 5.57 Å². The zero-order valence-electron chi connectivity index (χ0n) is 9.51. The van der Waals surface area contributed by atoms with Gasteiger partial charge in [0, 0.05) is 0 Å². The number of allylic oxidation sites excluding steroid dienone is 1. The van der Waals surface area contributed by atoms with E-state index in [-0.39, 0.29) is 11.5 Å². The lowest BCUT2D eigenvalue weighted by Crippen LogP contribution is -2.07. The average Bonchev–Trinajstić information content (AvgIpc) is 2.26. The van der Waals surface area contributed by atoms with Crippen LogP contribution in [0.5, 0.6) is 0 Å². The van der Waals surface area contributed by atoms with Gasteiger partial charge in [0.05, 0.1) is 11.5 Å². The third kappa shape index (κ3) is 4.16. The van der Waals surface area contributed by atoms with Gasteiger partial charge in [-0.25, -0.2) is 0 Å². The van der Waals surface area contributed by atoms with Crippen LogP contribution in [0.4, 0.5) is 0 Å². The first-order chi connectivity index (χ1) is 7.52. The fraction of sp³-hybridized carbons (Fsp3) is 0.333. The van der Waals surface area contributed by atoms with Crippen LogP contribution in [-0.4, -0.2) is 15.0 Å². The zero-order valence-corrected chi connectivity index (χ0v) is 10.3. The molecule has 1 rings (SSSR count). The molecule has 0 amide bonds. The van der Waals surface area contributed by atoms with Crippen LogP contribution in [-0.2, 0) is 14.3 Å². The maximum absolute atomic E-state index is 11.6. The van der Waals surface area contributed by atoms with Crippen molar-refractivity contribution in [2.24, 2.45) is 0 Å². The van der Waals surface area contributed by atoms with Gasteiger partial charge in [0.25, 0.3) is 10.1 Å². The Balaban J connectivity index is 2.57. The minimum Gasteiger partial charge on any atom is -0.266 e. The summed E-state index contributed by atoms with van der Waals surface area (Å²) in [5.41, 5.74) is 1.15. The molecule has 0 atom stereocenters. The van der Waals surface area contributed by atoms with Crippen LogP contribution in [0.15, 0.2) is 46.9 Å². The molecule has 1 aromatic carbocycles. The van der Waals surface area contributed by atoms with Gasteiger partial charge in [-0.05, 0) is 32.4 Å². The van der Waals surface area contributed by atoms with E-state index in [1.807, 2.05) is 19.9 Å². The van der Waals surface area contributed by atoms with Crippen LogP contribution >= 0.6 is 0 Å². The first-order valence-corrected chi connectivity index (χ1v) is 6.51. The molecule has 3 nitrogen and oxygen atoms in total. The van der Waals surface area contributed by atoms with Crippen molar-refractivity contribution in [1.29, 1.82) is 0 Å². The van der Waals surface area contributed by atoms with E-state index in [0.29, 0.717) is 6.42 Å². The van der Waals surface area contributed by atoms with Crippen molar-refractivity contribution in [3.05, 3.63) is 42.0 Å². The van der Waals surface area contributed by atoms with E-state index in [1.165, 1.54) is 12.1 Å². The molecule has 0 saturated heterocycles. The third-order valence-corrected chi connectivity index (χ3v) is 3.27. The molecule has 0 aliphatic rings. The molecule has 0 heterocycles. The normalized spacial score (nSPS) is 11.1. The zero-order chi connectivity index (χ0) is 12.0. The van der Waals surface area contributed by atoms with Gasteiger partial charge in [-0.3, -0.25) is 4.18 Å². The lowest BCUT2D eigenvalue weighted by atomic mass is 10.3. The third-order valence-electron chi connectivity index (χ3n) is 1.94. The monoisotopic (exact) mass is 240 g/mol. The standard InChI is InChI=1S/C12H16O3S/c1-11(2)7-6-10-15-16(13,14)12-8-4-3-5-9-12/h3-5,7-9H,6,10H2,1-2H3. The second-order valence-corrected chi connectivity index (χ2v) is 5.27. The summed E-state index contributed by atoms with van der Waals surface area (Å²) in [6.07, 6.45) is 2.55. The molecule has 4 heteroatoms. The molecule has 16 heavy (non-hydrogen) atoms. The summed E-state index contributed by atoms with van der Waals surface area (Å²) >= 11 is 0. The molecular weight excluding hydrogens is 224 g/mol. The highest BCUT2D eigenvalue weighted by atomic mass is 32.2. The summed E-state index contributed by atoms with van der Waals surface area (Å²) in [6.45, 7) is 4.11. The fourth-order valence-electron chi connectivity index (χ4n) is 1.16. The number of rotatable bonds is 5. The average molecular weight is 240 g/mol. The van der Waals surface area contributed by atoms with E-state index in [1.54, 1.807) is 18.2 Å². The first kappa shape index (κ1) is 12.9. The van der Waals surface area contributed by atoms with Crippen molar-refractivity contribution in [2.45, 2.75) is 25.2 Å².